The van der Waals surface area contributed by atoms with Gasteiger partial charge in [-0.1, -0.05) is 30.3 Å². The second-order valence-electron chi connectivity index (χ2n) is 4.66. The molecule has 102 valence electrons. The zero-order chi connectivity index (χ0) is 13.8. The topological polar surface area (TPSA) is 47.3 Å². The number of aliphatic hydroxyl groups is 1. The van der Waals surface area contributed by atoms with Gasteiger partial charge in [0.1, 0.15) is 18.5 Å². The predicted octanol–water partition coefficient (Wildman–Crippen LogP) is 2.48. The van der Waals surface area contributed by atoms with Crippen molar-refractivity contribution in [2.75, 3.05) is 6.61 Å². The molecule has 0 bridgehead atoms. The van der Waals surface area contributed by atoms with Gasteiger partial charge in [-0.2, -0.15) is 0 Å². The van der Waals surface area contributed by atoms with Gasteiger partial charge in [0.15, 0.2) is 0 Å². The van der Waals surface area contributed by atoms with E-state index >= 15 is 0 Å². The molecular weight excluding hydrogens is 252 g/mol. The molecule has 0 spiro atoms. The lowest BCUT2D eigenvalue weighted by Crippen LogP contribution is -2.23. The highest BCUT2D eigenvalue weighted by molar-refractivity contribution is 5.74. The summed E-state index contributed by atoms with van der Waals surface area (Å²) in [6.07, 6.45) is 1.17. The number of imidazole rings is 1. The van der Waals surface area contributed by atoms with E-state index in [0.29, 0.717) is 6.54 Å². The normalized spacial score (nSPS) is 12.4. The molecular formula is C16H16N2O2. The summed E-state index contributed by atoms with van der Waals surface area (Å²) in [7, 11) is 0. The quantitative estimate of drug-likeness (QED) is 0.773. The Labute approximate surface area is 117 Å². The number of hydrogen-bond donors (Lipinski definition) is 1. The van der Waals surface area contributed by atoms with Crippen LogP contribution in [0, 0.1) is 0 Å². The molecule has 1 atom stereocenters. The number of aliphatic hydroxyl groups excluding tert-OH is 1. The van der Waals surface area contributed by atoms with Gasteiger partial charge in [0.05, 0.1) is 23.9 Å². The standard InChI is InChI=1S/C16H16N2O2/c19-13(11-20-14-6-2-1-3-7-14)10-18-12-17-15-8-4-5-9-16(15)18/h1-9,12-13,19H,10-11H2/t13-/m1/s1. The van der Waals surface area contributed by atoms with Gasteiger partial charge < -0.3 is 14.4 Å². The molecule has 0 saturated heterocycles. The molecule has 1 N–H and O–H groups in total. The van der Waals surface area contributed by atoms with Crippen LogP contribution in [-0.2, 0) is 6.54 Å². The van der Waals surface area contributed by atoms with Crippen molar-refractivity contribution in [2.45, 2.75) is 12.6 Å². The minimum atomic E-state index is -0.576. The third kappa shape index (κ3) is 2.81. The van der Waals surface area contributed by atoms with E-state index in [1.807, 2.05) is 59.2 Å². The van der Waals surface area contributed by atoms with Crippen LogP contribution < -0.4 is 4.74 Å². The van der Waals surface area contributed by atoms with Gasteiger partial charge in [0.25, 0.3) is 0 Å². The van der Waals surface area contributed by atoms with E-state index in [1.165, 1.54) is 0 Å². The minimum Gasteiger partial charge on any atom is -0.491 e. The molecule has 0 radical (unpaired) electrons. The Kier molecular flexibility index (Phi) is 3.65. The lowest BCUT2D eigenvalue weighted by Gasteiger charge is -2.13. The maximum Gasteiger partial charge on any atom is 0.119 e. The Bertz CT molecular complexity index is 679. The number of rotatable bonds is 5. The van der Waals surface area contributed by atoms with Crippen LogP contribution in [-0.4, -0.2) is 27.4 Å². The Balaban J connectivity index is 1.63. The Hall–Kier alpha value is -2.33. The van der Waals surface area contributed by atoms with Crippen molar-refractivity contribution in [3.05, 3.63) is 60.9 Å². The first-order valence-electron chi connectivity index (χ1n) is 6.59. The molecule has 3 rings (SSSR count). The summed E-state index contributed by atoms with van der Waals surface area (Å²) in [5, 5.41) is 10.1. The summed E-state index contributed by atoms with van der Waals surface area (Å²) in [6, 6.07) is 17.4. The van der Waals surface area contributed by atoms with E-state index in [0.717, 1.165) is 16.8 Å². The number of ether oxygens (including phenoxy) is 1. The highest BCUT2D eigenvalue weighted by Gasteiger charge is 2.09. The number of aromatic nitrogens is 2. The molecule has 4 nitrogen and oxygen atoms in total. The fraction of sp³-hybridized carbons (Fsp3) is 0.188. The summed E-state index contributed by atoms with van der Waals surface area (Å²) in [4.78, 5) is 4.30. The molecule has 0 aliphatic rings. The van der Waals surface area contributed by atoms with Gasteiger partial charge in [-0.25, -0.2) is 4.98 Å². The molecule has 0 saturated carbocycles. The third-order valence-corrected chi connectivity index (χ3v) is 3.12. The second-order valence-corrected chi connectivity index (χ2v) is 4.66. The molecule has 4 heteroatoms. The van der Waals surface area contributed by atoms with Gasteiger partial charge in [-0.15, -0.1) is 0 Å². The van der Waals surface area contributed by atoms with Gasteiger partial charge in [0, 0.05) is 0 Å². The van der Waals surface area contributed by atoms with Crippen molar-refractivity contribution >= 4 is 11.0 Å². The molecule has 0 amide bonds. The largest absolute Gasteiger partial charge is 0.491 e. The van der Waals surface area contributed by atoms with Crippen LogP contribution in [0.2, 0.25) is 0 Å². The highest BCUT2D eigenvalue weighted by Crippen LogP contribution is 2.13. The van der Waals surface area contributed by atoms with Crippen molar-refractivity contribution < 1.29 is 9.84 Å². The van der Waals surface area contributed by atoms with Crippen LogP contribution in [0.3, 0.4) is 0 Å². The fourth-order valence-corrected chi connectivity index (χ4v) is 2.14. The number of nitrogens with zero attached hydrogens (tertiary/aromatic N) is 2. The van der Waals surface area contributed by atoms with Gasteiger partial charge >= 0.3 is 0 Å². The molecule has 2 aromatic carbocycles. The zero-order valence-corrected chi connectivity index (χ0v) is 11.0. The van der Waals surface area contributed by atoms with Crippen LogP contribution >= 0.6 is 0 Å². The van der Waals surface area contributed by atoms with Gasteiger partial charge in [-0.3, -0.25) is 0 Å². The lowest BCUT2D eigenvalue weighted by atomic mass is 10.3. The van der Waals surface area contributed by atoms with Crippen LogP contribution in [0.25, 0.3) is 11.0 Å². The first kappa shape index (κ1) is 12.7. The number of benzene rings is 2. The molecule has 0 aliphatic heterocycles. The Morgan fingerprint density at radius 3 is 2.65 bits per heavy atom. The zero-order valence-electron chi connectivity index (χ0n) is 11.0. The molecule has 1 aromatic heterocycles. The smallest absolute Gasteiger partial charge is 0.119 e. The average Bonchev–Trinajstić information content (AvgIpc) is 2.90. The highest BCUT2D eigenvalue weighted by atomic mass is 16.5. The number of fused-ring (bicyclic) bond motifs is 1. The van der Waals surface area contributed by atoms with Crippen molar-refractivity contribution in [3.8, 4) is 5.75 Å². The molecule has 20 heavy (non-hydrogen) atoms. The second kappa shape index (κ2) is 5.75. The first-order valence-corrected chi connectivity index (χ1v) is 6.59. The lowest BCUT2D eigenvalue weighted by molar-refractivity contribution is 0.0934. The first-order chi connectivity index (χ1) is 9.83. The van der Waals surface area contributed by atoms with Crippen LogP contribution in [0.5, 0.6) is 5.75 Å². The van der Waals surface area contributed by atoms with E-state index in [1.54, 1.807) is 6.33 Å². The molecule has 0 aliphatic carbocycles. The Morgan fingerprint density at radius 2 is 1.80 bits per heavy atom. The third-order valence-electron chi connectivity index (χ3n) is 3.12. The van der Waals surface area contributed by atoms with E-state index in [-0.39, 0.29) is 6.61 Å². The molecule has 0 unspecified atom stereocenters. The molecule has 3 aromatic rings. The van der Waals surface area contributed by atoms with E-state index in [4.69, 9.17) is 4.74 Å². The van der Waals surface area contributed by atoms with Crippen molar-refractivity contribution in [3.63, 3.8) is 0 Å². The average molecular weight is 268 g/mol. The Morgan fingerprint density at radius 1 is 1.05 bits per heavy atom. The molecule has 0 fully saturated rings. The summed E-state index contributed by atoms with van der Waals surface area (Å²) < 4.78 is 7.48. The van der Waals surface area contributed by atoms with Crippen molar-refractivity contribution in [1.82, 2.24) is 9.55 Å². The summed E-state index contributed by atoms with van der Waals surface area (Å²) in [6.45, 7) is 0.726. The number of para-hydroxylation sites is 3. The van der Waals surface area contributed by atoms with E-state index in [9.17, 15) is 5.11 Å². The van der Waals surface area contributed by atoms with Crippen molar-refractivity contribution in [1.29, 1.82) is 0 Å². The van der Waals surface area contributed by atoms with Gasteiger partial charge in [0.2, 0.25) is 0 Å². The maximum absolute atomic E-state index is 10.1. The predicted molar refractivity (Wildman–Crippen MR) is 77.7 cm³/mol. The van der Waals surface area contributed by atoms with Gasteiger partial charge in [-0.05, 0) is 24.3 Å². The summed E-state index contributed by atoms with van der Waals surface area (Å²) in [5.41, 5.74) is 1.95. The summed E-state index contributed by atoms with van der Waals surface area (Å²) >= 11 is 0. The summed E-state index contributed by atoms with van der Waals surface area (Å²) in [5.74, 6) is 0.766. The maximum atomic E-state index is 10.1. The van der Waals surface area contributed by atoms with Crippen LogP contribution in [0.1, 0.15) is 0 Å². The van der Waals surface area contributed by atoms with E-state index < -0.39 is 6.10 Å². The van der Waals surface area contributed by atoms with Crippen LogP contribution in [0.4, 0.5) is 0 Å². The monoisotopic (exact) mass is 268 g/mol. The molecule has 1 heterocycles. The van der Waals surface area contributed by atoms with Crippen LogP contribution in [0.15, 0.2) is 60.9 Å². The van der Waals surface area contributed by atoms with Crippen molar-refractivity contribution in [2.24, 2.45) is 0 Å². The number of hydrogen-bond acceptors (Lipinski definition) is 3. The fourth-order valence-electron chi connectivity index (χ4n) is 2.14. The SMILES string of the molecule is O[C@@H](COc1ccccc1)Cn1cnc2ccccc21. The minimum absolute atomic E-state index is 0.260. The van der Waals surface area contributed by atoms with E-state index in [2.05, 4.69) is 4.98 Å².